The molecule has 0 N–H and O–H groups in total. The van der Waals surface area contributed by atoms with Crippen LogP contribution in [0.15, 0.2) is 158 Å². The molecule has 0 atom stereocenters. The van der Waals surface area contributed by atoms with Crippen LogP contribution in [0.5, 0.6) is 11.5 Å². The highest BCUT2D eigenvalue weighted by molar-refractivity contribution is 6.15. The fraction of sp³-hybridized carbons (Fsp3) is 0.308. The number of pyridine rings is 2. The van der Waals surface area contributed by atoms with Gasteiger partial charge in [-0.05, 0) is 173 Å². The van der Waals surface area contributed by atoms with Gasteiger partial charge in [-0.25, -0.2) is 9.97 Å². The van der Waals surface area contributed by atoms with E-state index in [0.29, 0.717) is 47.3 Å². The van der Waals surface area contributed by atoms with E-state index in [9.17, 15) is 0 Å². The Kier molecular flexibility index (Phi) is 14.5. The lowest BCUT2D eigenvalue weighted by Gasteiger charge is -2.22. The van der Waals surface area contributed by atoms with Crippen LogP contribution < -0.4 is 4.74 Å². The summed E-state index contributed by atoms with van der Waals surface area (Å²) in [6.07, 6.45) is 4.25. The smallest absolute Gasteiger partial charge is 0.145 e. The maximum absolute atomic E-state index is 7.12. The fourth-order valence-electron chi connectivity index (χ4n) is 13.7. The van der Waals surface area contributed by atoms with Gasteiger partial charge < -0.3 is 4.74 Å². The molecule has 0 aliphatic carbocycles. The second kappa shape index (κ2) is 21.6. The van der Waals surface area contributed by atoms with E-state index < -0.39 is 0 Å². The summed E-state index contributed by atoms with van der Waals surface area (Å²) in [7, 11) is 0. The normalized spacial score (nSPS) is 12.5. The highest BCUT2D eigenvalue weighted by Gasteiger charge is 2.26. The highest BCUT2D eigenvalue weighted by atomic mass is 16.5. The van der Waals surface area contributed by atoms with Crippen LogP contribution in [0.4, 0.5) is 0 Å². The van der Waals surface area contributed by atoms with Crippen molar-refractivity contribution in [2.75, 3.05) is 0 Å². The predicted octanol–water partition coefficient (Wildman–Crippen LogP) is 23.0. The van der Waals surface area contributed by atoms with Gasteiger partial charge in [-0.1, -0.05) is 208 Å². The Labute approximate surface area is 492 Å². The van der Waals surface area contributed by atoms with Gasteiger partial charge in [0.2, 0.25) is 0 Å². The molecule has 0 unspecified atom stereocenters. The molecule has 0 aliphatic rings. The lowest BCUT2D eigenvalue weighted by Crippen LogP contribution is -2.03. The van der Waals surface area contributed by atoms with E-state index in [1.165, 1.54) is 88.7 Å². The molecule has 0 saturated carbocycles. The number of fused-ring (bicyclic) bond motifs is 12. The predicted molar refractivity (Wildman–Crippen MR) is 355 cm³/mol. The summed E-state index contributed by atoms with van der Waals surface area (Å²) in [5.41, 5.74) is 24.8. The molecule has 0 amide bonds. The average molecular weight is 1090 g/mol. The standard InChI is InChI=1S/C78H82N4O/c1-43(2)55-21-17-22-56(44(3)4)73(55)51-29-33-65-63-35-31-53(39-67(63)77-79-41-71(81(77)69(65)37-51)75-59(47(9)10)25-19-26-60(75)48(11)12)83-54-32-36-64-66-34-30-52(74-57(45(5)6)23-18-24-58(74)46(7)8)38-70(66)82-72(42-80-78(82)68(64)40-54)76-61(49(13)14)27-20-28-62(76)50(15)16/h17-50H,1-16H3. The molecule has 4 aromatic heterocycles. The lowest BCUT2D eigenvalue weighted by atomic mass is 9.84. The fourth-order valence-corrected chi connectivity index (χ4v) is 13.7. The second-order valence-corrected chi connectivity index (χ2v) is 26.1. The van der Waals surface area contributed by atoms with Crippen LogP contribution in [-0.2, 0) is 0 Å². The van der Waals surface area contributed by atoms with Crippen molar-refractivity contribution in [3.63, 3.8) is 0 Å². The Morgan fingerprint density at radius 1 is 0.289 bits per heavy atom. The average Bonchev–Trinajstić information content (AvgIpc) is 4.37. The first-order valence-corrected chi connectivity index (χ1v) is 30.8. The quantitative estimate of drug-likeness (QED) is 0.102. The van der Waals surface area contributed by atoms with Crippen molar-refractivity contribution in [2.45, 2.75) is 158 Å². The largest absolute Gasteiger partial charge is 0.457 e. The minimum Gasteiger partial charge on any atom is -0.457 e. The molecular formula is C78H82N4O. The van der Waals surface area contributed by atoms with Crippen LogP contribution in [0.2, 0.25) is 0 Å². The zero-order chi connectivity index (χ0) is 58.4. The van der Waals surface area contributed by atoms with Gasteiger partial charge in [-0.3, -0.25) is 8.80 Å². The van der Waals surface area contributed by atoms with E-state index in [0.717, 1.165) is 66.8 Å². The summed E-state index contributed by atoms with van der Waals surface area (Å²) in [6.45, 7) is 37.0. The van der Waals surface area contributed by atoms with Gasteiger partial charge in [0, 0.05) is 32.7 Å². The van der Waals surface area contributed by atoms with E-state index in [1.54, 1.807) is 0 Å². The minimum absolute atomic E-state index is 0.314. The number of hydrogen-bond acceptors (Lipinski definition) is 3. The summed E-state index contributed by atoms with van der Waals surface area (Å²) in [6, 6.07) is 54.9. The molecule has 0 fully saturated rings. The Bertz CT molecular complexity index is 4110. The first-order chi connectivity index (χ1) is 39.8. The maximum Gasteiger partial charge on any atom is 0.145 e. The number of nitrogens with zero attached hydrogens (tertiary/aromatic N) is 4. The maximum atomic E-state index is 7.12. The monoisotopic (exact) mass is 1090 g/mol. The Hall–Kier alpha value is -8.02. The van der Waals surface area contributed by atoms with E-state index in [-0.39, 0.29) is 0 Å². The van der Waals surface area contributed by atoms with Gasteiger partial charge in [-0.2, -0.15) is 0 Å². The van der Waals surface area contributed by atoms with Crippen molar-refractivity contribution in [2.24, 2.45) is 0 Å². The number of hydrogen-bond donors (Lipinski definition) is 0. The van der Waals surface area contributed by atoms with E-state index >= 15 is 0 Å². The summed E-state index contributed by atoms with van der Waals surface area (Å²) in [4.78, 5) is 10.9. The number of aromatic nitrogens is 4. The lowest BCUT2D eigenvalue weighted by molar-refractivity contribution is 0.484. The topological polar surface area (TPSA) is 43.8 Å². The molecule has 5 heteroatoms. The second-order valence-electron chi connectivity index (χ2n) is 26.1. The summed E-state index contributed by atoms with van der Waals surface area (Å²) < 4.78 is 12.0. The Morgan fingerprint density at radius 2 is 0.566 bits per heavy atom. The van der Waals surface area contributed by atoms with Gasteiger partial charge in [0.15, 0.2) is 0 Å². The molecule has 8 aromatic carbocycles. The first-order valence-electron chi connectivity index (χ1n) is 30.8. The van der Waals surface area contributed by atoms with E-state index in [4.69, 9.17) is 14.7 Å². The minimum atomic E-state index is 0.314. The van der Waals surface area contributed by atoms with Crippen molar-refractivity contribution in [3.8, 4) is 56.3 Å². The number of rotatable bonds is 14. The van der Waals surface area contributed by atoms with Gasteiger partial charge in [0.05, 0.1) is 34.8 Å². The third-order valence-corrected chi connectivity index (χ3v) is 17.9. The van der Waals surface area contributed by atoms with Crippen LogP contribution in [-0.4, -0.2) is 18.8 Å². The van der Waals surface area contributed by atoms with Gasteiger partial charge in [0.1, 0.15) is 22.8 Å². The van der Waals surface area contributed by atoms with Crippen molar-refractivity contribution in [1.29, 1.82) is 0 Å². The van der Waals surface area contributed by atoms with Gasteiger partial charge in [0.25, 0.3) is 0 Å². The van der Waals surface area contributed by atoms with Gasteiger partial charge in [-0.15, -0.1) is 0 Å². The SMILES string of the molecule is CC(C)c1cccc(C(C)C)c1-c1ccc2c3ccc(Oc4ccc5c6ccc(-c7c(C(C)C)cccc7C(C)C)cc6n6c(-c7c(C(C)C)cccc7C(C)C)cnc6c5c4)cc3c3ncc(-c4c(C(C)C)cccc4C(C)C)n3c2c1. The van der Waals surface area contributed by atoms with Crippen LogP contribution in [0.3, 0.4) is 0 Å². The molecule has 0 bridgehead atoms. The van der Waals surface area contributed by atoms with Crippen LogP contribution in [0.1, 0.15) is 203 Å². The zero-order valence-corrected chi connectivity index (χ0v) is 51.8. The number of ether oxygens (including phenoxy) is 1. The number of benzene rings is 8. The Morgan fingerprint density at radius 3 is 0.855 bits per heavy atom. The first kappa shape index (κ1) is 55.5. The highest BCUT2D eigenvalue weighted by Crippen LogP contribution is 2.47. The van der Waals surface area contributed by atoms with Crippen molar-refractivity contribution >= 4 is 54.6 Å². The molecule has 0 spiro atoms. The molecule has 420 valence electrons. The van der Waals surface area contributed by atoms with Crippen LogP contribution >= 0.6 is 0 Å². The van der Waals surface area contributed by atoms with Crippen LogP contribution in [0.25, 0.3) is 99.4 Å². The molecule has 0 aliphatic heterocycles. The van der Waals surface area contributed by atoms with Crippen molar-refractivity contribution < 1.29 is 4.74 Å². The van der Waals surface area contributed by atoms with Crippen LogP contribution in [0, 0.1) is 0 Å². The Balaban J connectivity index is 1.08. The third kappa shape index (κ3) is 9.40. The molecule has 0 saturated heterocycles. The van der Waals surface area contributed by atoms with Crippen molar-refractivity contribution in [1.82, 2.24) is 18.8 Å². The molecule has 12 rings (SSSR count). The summed E-state index contributed by atoms with van der Waals surface area (Å²) in [5.74, 6) is 4.22. The summed E-state index contributed by atoms with van der Waals surface area (Å²) in [5, 5.41) is 6.71. The molecule has 83 heavy (non-hydrogen) atoms. The van der Waals surface area contributed by atoms with E-state index in [2.05, 4.69) is 278 Å². The number of imidazole rings is 2. The molecular weight excluding hydrogens is 1010 g/mol. The zero-order valence-electron chi connectivity index (χ0n) is 51.8. The molecule has 5 nitrogen and oxygen atoms in total. The molecule has 12 aromatic rings. The third-order valence-electron chi connectivity index (χ3n) is 17.9. The molecule has 4 heterocycles. The van der Waals surface area contributed by atoms with E-state index in [1.807, 2.05) is 0 Å². The molecule has 0 radical (unpaired) electrons. The van der Waals surface area contributed by atoms with Crippen molar-refractivity contribution in [3.05, 3.63) is 202 Å². The van der Waals surface area contributed by atoms with Gasteiger partial charge >= 0.3 is 0 Å². The summed E-state index contributed by atoms with van der Waals surface area (Å²) >= 11 is 0.